The molecule has 1 heterocycles. The lowest BCUT2D eigenvalue weighted by Gasteiger charge is -2.19. The molecule has 0 radical (unpaired) electrons. The van der Waals surface area contributed by atoms with E-state index in [-0.39, 0.29) is 17.4 Å². The van der Waals surface area contributed by atoms with E-state index in [1.54, 1.807) is 30.3 Å². The van der Waals surface area contributed by atoms with E-state index >= 15 is 0 Å². The Morgan fingerprint density at radius 3 is 2.41 bits per heavy atom. The van der Waals surface area contributed by atoms with Gasteiger partial charge in [0.2, 0.25) is 0 Å². The van der Waals surface area contributed by atoms with E-state index in [1.165, 1.54) is 11.3 Å². The molecule has 0 bridgehead atoms. The number of benzene rings is 3. The van der Waals surface area contributed by atoms with E-state index in [4.69, 9.17) is 16.3 Å². The number of fused-ring (bicyclic) bond motifs is 1. The van der Waals surface area contributed by atoms with Crippen LogP contribution in [0.4, 0.5) is 5.69 Å². The van der Waals surface area contributed by atoms with Crippen LogP contribution >= 0.6 is 22.9 Å². The number of nitrogens with one attached hydrogen (secondary N) is 2. The number of anilines is 1. The van der Waals surface area contributed by atoms with E-state index < -0.39 is 0 Å². The largest absolute Gasteiger partial charge is 0.489 e. The van der Waals surface area contributed by atoms with Crippen LogP contribution in [0.25, 0.3) is 10.1 Å². The third-order valence-corrected chi connectivity index (χ3v) is 6.68. The molecule has 34 heavy (non-hydrogen) atoms. The number of halogens is 1. The number of rotatable bonds is 6. The summed E-state index contributed by atoms with van der Waals surface area (Å²) in [6.45, 7) is 6.15. The maximum absolute atomic E-state index is 13.0. The van der Waals surface area contributed by atoms with Crippen LogP contribution in [0.1, 0.15) is 46.4 Å². The van der Waals surface area contributed by atoms with Crippen LogP contribution in [-0.2, 0) is 6.61 Å². The molecule has 5 nitrogen and oxygen atoms in total. The van der Waals surface area contributed by atoms with E-state index in [9.17, 15) is 9.59 Å². The Morgan fingerprint density at radius 2 is 1.68 bits per heavy atom. The third kappa shape index (κ3) is 5.58. The summed E-state index contributed by atoms with van der Waals surface area (Å²) in [5, 5.41) is 7.00. The Morgan fingerprint density at radius 1 is 0.941 bits per heavy atom. The van der Waals surface area contributed by atoms with Gasteiger partial charge in [0.15, 0.2) is 0 Å². The summed E-state index contributed by atoms with van der Waals surface area (Å²) in [7, 11) is 0. The summed E-state index contributed by atoms with van der Waals surface area (Å²) in [5.41, 5.74) is 1.72. The van der Waals surface area contributed by atoms with Gasteiger partial charge in [0.25, 0.3) is 11.8 Å². The van der Waals surface area contributed by atoms with Crippen LogP contribution in [0.15, 0.2) is 72.8 Å². The fourth-order valence-corrected chi connectivity index (χ4v) is 4.86. The highest BCUT2D eigenvalue weighted by atomic mass is 35.5. The van der Waals surface area contributed by atoms with E-state index in [2.05, 4.69) is 10.6 Å². The monoisotopic (exact) mass is 492 g/mol. The summed E-state index contributed by atoms with van der Waals surface area (Å²) in [5.74, 6) is 0.0946. The zero-order valence-electron chi connectivity index (χ0n) is 19.1. The third-order valence-electron chi connectivity index (χ3n) is 4.94. The maximum atomic E-state index is 13.0. The van der Waals surface area contributed by atoms with Crippen LogP contribution in [-0.4, -0.2) is 17.4 Å². The molecule has 4 aromatic rings. The molecule has 174 valence electrons. The van der Waals surface area contributed by atoms with Crippen molar-refractivity contribution in [3.8, 4) is 5.75 Å². The second kappa shape index (κ2) is 9.87. The number of hydrogen-bond donors (Lipinski definition) is 2. The van der Waals surface area contributed by atoms with Gasteiger partial charge >= 0.3 is 0 Å². The first-order valence-corrected chi connectivity index (χ1v) is 12.0. The SMILES string of the molecule is CC(C)(C)NC(=O)c1sc2c(NC(=O)c3cccc(OCc4ccccc4)c3)cccc2c1Cl. The fourth-order valence-electron chi connectivity index (χ4n) is 3.39. The summed E-state index contributed by atoms with van der Waals surface area (Å²) in [6.07, 6.45) is 0. The van der Waals surface area contributed by atoms with E-state index in [1.807, 2.05) is 63.2 Å². The number of thiophene rings is 1. The molecule has 2 N–H and O–H groups in total. The minimum atomic E-state index is -0.388. The second-order valence-electron chi connectivity index (χ2n) is 8.89. The Bertz CT molecular complexity index is 1340. The summed E-state index contributed by atoms with van der Waals surface area (Å²) in [4.78, 5) is 26.2. The first-order valence-electron chi connectivity index (χ1n) is 10.8. The molecule has 0 fully saturated rings. The molecule has 0 saturated heterocycles. The van der Waals surface area contributed by atoms with Crippen molar-refractivity contribution in [3.05, 3.63) is 93.8 Å². The fraction of sp³-hybridized carbons (Fsp3) is 0.185. The molecular formula is C27H25ClN2O3S. The summed E-state index contributed by atoms with van der Waals surface area (Å²) >= 11 is 7.79. The van der Waals surface area contributed by atoms with Crippen LogP contribution in [0, 0.1) is 0 Å². The van der Waals surface area contributed by atoms with Gasteiger partial charge in [-0.2, -0.15) is 0 Å². The number of hydrogen-bond acceptors (Lipinski definition) is 4. The highest BCUT2D eigenvalue weighted by Gasteiger charge is 2.23. The number of ether oxygens (including phenoxy) is 1. The van der Waals surface area contributed by atoms with Crippen molar-refractivity contribution in [2.24, 2.45) is 0 Å². The lowest BCUT2D eigenvalue weighted by atomic mass is 10.1. The average Bonchev–Trinajstić information content (AvgIpc) is 3.15. The zero-order valence-corrected chi connectivity index (χ0v) is 20.7. The van der Waals surface area contributed by atoms with Crippen molar-refractivity contribution in [1.82, 2.24) is 5.32 Å². The Labute approximate surface area is 207 Å². The van der Waals surface area contributed by atoms with Crippen molar-refractivity contribution < 1.29 is 14.3 Å². The lowest BCUT2D eigenvalue weighted by molar-refractivity contribution is 0.0923. The van der Waals surface area contributed by atoms with Gasteiger partial charge in [0.1, 0.15) is 17.2 Å². The van der Waals surface area contributed by atoms with Crippen LogP contribution < -0.4 is 15.4 Å². The van der Waals surface area contributed by atoms with Gasteiger partial charge < -0.3 is 15.4 Å². The molecule has 0 aliphatic carbocycles. The minimum absolute atomic E-state index is 0.237. The quantitative estimate of drug-likeness (QED) is 0.307. The van der Waals surface area contributed by atoms with Crippen molar-refractivity contribution >= 4 is 50.5 Å². The molecule has 3 aromatic carbocycles. The topological polar surface area (TPSA) is 67.4 Å². The number of carbonyl (C=O) groups is 2. The Kier molecular flexibility index (Phi) is 6.91. The van der Waals surface area contributed by atoms with Gasteiger partial charge in [-0.1, -0.05) is 60.1 Å². The molecule has 0 aliphatic rings. The van der Waals surface area contributed by atoms with E-state index in [0.29, 0.717) is 33.5 Å². The highest BCUT2D eigenvalue weighted by Crippen LogP contribution is 2.39. The zero-order chi connectivity index (χ0) is 24.3. The van der Waals surface area contributed by atoms with E-state index in [0.717, 1.165) is 15.6 Å². The summed E-state index contributed by atoms with van der Waals surface area (Å²) in [6, 6.07) is 22.3. The standard InChI is InChI=1S/C27H25ClN2O3S/c1-27(2,3)30-26(32)24-22(28)20-13-8-14-21(23(20)34-24)29-25(31)18-11-7-12-19(15-18)33-16-17-9-5-4-6-10-17/h4-15H,16H2,1-3H3,(H,29,31)(H,30,32). The molecule has 0 spiro atoms. The van der Waals surface area contributed by atoms with Crippen LogP contribution in [0.5, 0.6) is 5.75 Å². The Hall–Kier alpha value is -3.35. The Balaban J connectivity index is 1.54. The number of amides is 2. The first-order chi connectivity index (χ1) is 16.2. The summed E-state index contributed by atoms with van der Waals surface area (Å²) < 4.78 is 6.60. The molecule has 4 rings (SSSR count). The van der Waals surface area contributed by atoms with Crippen molar-refractivity contribution in [2.75, 3.05) is 5.32 Å². The van der Waals surface area contributed by atoms with Crippen molar-refractivity contribution in [2.45, 2.75) is 32.9 Å². The molecule has 0 atom stereocenters. The van der Waals surface area contributed by atoms with Gasteiger partial charge in [0, 0.05) is 16.5 Å². The average molecular weight is 493 g/mol. The molecule has 0 saturated carbocycles. The van der Waals surface area contributed by atoms with Gasteiger partial charge in [-0.05, 0) is 50.6 Å². The van der Waals surface area contributed by atoms with Crippen LogP contribution in [0.2, 0.25) is 5.02 Å². The van der Waals surface area contributed by atoms with Gasteiger partial charge in [-0.25, -0.2) is 0 Å². The highest BCUT2D eigenvalue weighted by molar-refractivity contribution is 7.22. The normalized spacial score (nSPS) is 11.3. The minimum Gasteiger partial charge on any atom is -0.489 e. The predicted molar refractivity (Wildman–Crippen MR) is 139 cm³/mol. The molecule has 7 heteroatoms. The molecular weight excluding hydrogens is 468 g/mol. The molecule has 0 unspecified atom stereocenters. The van der Waals surface area contributed by atoms with Gasteiger partial charge in [0.05, 0.1) is 15.4 Å². The first kappa shape index (κ1) is 23.8. The lowest BCUT2D eigenvalue weighted by Crippen LogP contribution is -2.40. The van der Waals surface area contributed by atoms with Gasteiger partial charge in [-0.15, -0.1) is 11.3 Å². The maximum Gasteiger partial charge on any atom is 0.263 e. The van der Waals surface area contributed by atoms with Crippen molar-refractivity contribution in [1.29, 1.82) is 0 Å². The number of carbonyl (C=O) groups excluding carboxylic acids is 2. The van der Waals surface area contributed by atoms with Crippen LogP contribution in [0.3, 0.4) is 0 Å². The second-order valence-corrected chi connectivity index (χ2v) is 10.3. The molecule has 0 aliphatic heterocycles. The smallest absolute Gasteiger partial charge is 0.263 e. The molecule has 1 aromatic heterocycles. The van der Waals surface area contributed by atoms with Gasteiger partial charge in [-0.3, -0.25) is 9.59 Å². The molecule has 2 amide bonds. The predicted octanol–water partition coefficient (Wildman–Crippen LogP) is 6.91. The van der Waals surface area contributed by atoms with Crippen molar-refractivity contribution in [3.63, 3.8) is 0 Å².